The molecule has 0 radical (unpaired) electrons. The van der Waals surface area contributed by atoms with Gasteiger partial charge in [-0.1, -0.05) is 12.1 Å². The quantitative estimate of drug-likeness (QED) is 0.779. The third kappa shape index (κ3) is 4.31. The lowest BCUT2D eigenvalue weighted by molar-refractivity contribution is -0.115. The van der Waals surface area contributed by atoms with E-state index in [1.54, 1.807) is 13.2 Å². The molecule has 0 unspecified atom stereocenters. The highest BCUT2D eigenvalue weighted by molar-refractivity contribution is 8.18. The molecule has 1 fully saturated rings. The number of amides is 1. The Morgan fingerprint density at radius 2 is 1.77 bits per heavy atom. The van der Waals surface area contributed by atoms with E-state index in [2.05, 4.69) is 10.3 Å². The van der Waals surface area contributed by atoms with Crippen molar-refractivity contribution in [1.82, 2.24) is 5.32 Å². The van der Waals surface area contributed by atoms with E-state index < -0.39 is 10.0 Å². The number of sulfonamides is 1. The van der Waals surface area contributed by atoms with E-state index in [9.17, 15) is 13.2 Å². The summed E-state index contributed by atoms with van der Waals surface area (Å²) in [7, 11) is -2.16. The van der Waals surface area contributed by atoms with E-state index in [1.807, 2.05) is 24.3 Å². The molecule has 0 aliphatic carbocycles. The summed E-state index contributed by atoms with van der Waals surface area (Å²) in [6.07, 6.45) is 1.76. The van der Waals surface area contributed by atoms with Crippen molar-refractivity contribution in [3.63, 3.8) is 0 Å². The van der Waals surface area contributed by atoms with Gasteiger partial charge < -0.3 is 10.1 Å². The second kappa shape index (κ2) is 7.32. The van der Waals surface area contributed by atoms with E-state index in [4.69, 9.17) is 9.88 Å². The van der Waals surface area contributed by atoms with Gasteiger partial charge in [0.1, 0.15) is 5.75 Å². The number of carbonyl (C=O) groups is 1. The normalized spacial score (nSPS) is 17.5. The number of nitrogens with two attached hydrogens (primary N) is 1. The van der Waals surface area contributed by atoms with E-state index >= 15 is 0 Å². The second-order valence-electron chi connectivity index (χ2n) is 5.29. The Bertz CT molecular complexity index is 995. The van der Waals surface area contributed by atoms with E-state index in [-0.39, 0.29) is 10.8 Å². The number of methoxy groups -OCH3 is 1. The molecule has 0 saturated carbocycles. The van der Waals surface area contributed by atoms with Gasteiger partial charge in [0.05, 0.1) is 22.6 Å². The van der Waals surface area contributed by atoms with Gasteiger partial charge in [-0.3, -0.25) is 4.79 Å². The Morgan fingerprint density at radius 3 is 2.35 bits per heavy atom. The number of thioether (sulfide) groups is 1. The molecule has 2 aromatic carbocycles. The molecule has 2 aromatic rings. The summed E-state index contributed by atoms with van der Waals surface area (Å²) < 4.78 is 27.6. The molecule has 1 aliphatic heterocycles. The average molecular weight is 389 g/mol. The van der Waals surface area contributed by atoms with Gasteiger partial charge in [0.15, 0.2) is 5.17 Å². The fourth-order valence-electron chi connectivity index (χ4n) is 2.16. The predicted molar refractivity (Wildman–Crippen MR) is 102 cm³/mol. The summed E-state index contributed by atoms with van der Waals surface area (Å²) in [6, 6.07) is 13.1. The highest BCUT2D eigenvalue weighted by atomic mass is 32.2. The molecular formula is C17H15N3O4S2. The molecule has 9 heteroatoms. The van der Waals surface area contributed by atoms with Gasteiger partial charge in [-0.05, 0) is 59.8 Å². The Morgan fingerprint density at radius 1 is 1.12 bits per heavy atom. The number of hydrogen-bond donors (Lipinski definition) is 2. The summed E-state index contributed by atoms with van der Waals surface area (Å²) in [5.74, 6) is 0.492. The fraction of sp³-hybridized carbons (Fsp3) is 0.0588. The zero-order valence-electron chi connectivity index (χ0n) is 13.7. The van der Waals surface area contributed by atoms with Crippen molar-refractivity contribution < 1.29 is 17.9 Å². The third-order valence-electron chi connectivity index (χ3n) is 3.46. The van der Waals surface area contributed by atoms with E-state index in [1.165, 1.54) is 36.0 Å². The summed E-state index contributed by atoms with van der Waals surface area (Å²) in [5, 5.41) is 8.15. The van der Waals surface area contributed by atoms with Crippen LogP contribution in [0, 0.1) is 0 Å². The van der Waals surface area contributed by atoms with Crippen LogP contribution in [0.4, 0.5) is 5.69 Å². The molecule has 1 amide bonds. The SMILES string of the molecule is COc1ccc(/C=C2\SC(=Nc3ccc(S(N)(=O)=O)cc3)NC2=O)cc1. The minimum atomic E-state index is -3.75. The lowest BCUT2D eigenvalue weighted by atomic mass is 10.2. The van der Waals surface area contributed by atoms with Crippen LogP contribution < -0.4 is 15.2 Å². The first-order chi connectivity index (χ1) is 12.3. The van der Waals surface area contributed by atoms with Crippen LogP contribution in [0.5, 0.6) is 5.75 Å². The lowest BCUT2D eigenvalue weighted by Crippen LogP contribution is -2.19. The van der Waals surface area contributed by atoms with Crippen molar-refractivity contribution >= 4 is 44.6 Å². The number of hydrogen-bond acceptors (Lipinski definition) is 6. The standard InChI is InChI=1S/C17H15N3O4S2/c1-24-13-6-2-11(3-7-13)10-15-16(21)20-17(25-15)19-12-4-8-14(9-5-12)26(18,22)23/h2-10H,1H3,(H2,18,22,23)(H,19,20,21)/b15-10-. The Balaban J connectivity index is 1.78. The molecule has 3 rings (SSSR count). The van der Waals surface area contributed by atoms with Crippen molar-refractivity contribution in [2.75, 3.05) is 7.11 Å². The smallest absolute Gasteiger partial charge is 0.264 e. The molecule has 0 aromatic heterocycles. The number of primary sulfonamides is 1. The minimum Gasteiger partial charge on any atom is -0.497 e. The molecule has 7 nitrogen and oxygen atoms in total. The van der Waals surface area contributed by atoms with Crippen LogP contribution >= 0.6 is 11.8 Å². The molecule has 1 saturated heterocycles. The van der Waals surface area contributed by atoms with Crippen molar-refractivity contribution in [1.29, 1.82) is 0 Å². The van der Waals surface area contributed by atoms with Gasteiger partial charge in [0.2, 0.25) is 10.0 Å². The monoisotopic (exact) mass is 389 g/mol. The van der Waals surface area contributed by atoms with Crippen LogP contribution in [0.1, 0.15) is 5.56 Å². The van der Waals surface area contributed by atoms with E-state index in [0.717, 1.165) is 11.3 Å². The van der Waals surface area contributed by atoms with Crippen molar-refractivity contribution in [3.05, 3.63) is 59.0 Å². The molecule has 0 bridgehead atoms. The molecule has 3 N–H and O–H groups in total. The number of ether oxygens (including phenoxy) is 1. The topological polar surface area (TPSA) is 111 Å². The van der Waals surface area contributed by atoms with Gasteiger partial charge in [0.25, 0.3) is 5.91 Å². The number of benzene rings is 2. The molecule has 1 heterocycles. The maximum Gasteiger partial charge on any atom is 0.264 e. The Kier molecular flexibility index (Phi) is 5.12. The third-order valence-corrected chi connectivity index (χ3v) is 5.30. The van der Waals surface area contributed by atoms with Gasteiger partial charge in [0, 0.05) is 0 Å². The second-order valence-corrected chi connectivity index (χ2v) is 7.89. The van der Waals surface area contributed by atoms with Crippen molar-refractivity contribution in [3.8, 4) is 5.75 Å². The number of amidine groups is 1. The molecule has 0 spiro atoms. The van der Waals surface area contributed by atoms with Gasteiger partial charge in [-0.15, -0.1) is 0 Å². The minimum absolute atomic E-state index is 0.00431. The number of carbonyl (C=O) groups excluding carboxylic acids is 1. The predicted octanol–water partition coefficient (Wildman–Crippen LogP) is 2.23. The van der Waals surface area contributed by atoms with Crippen LogP contribution in [0.25, 0.3) is 6.08 Å². The fourth-order valence-corrected chi connectivity index (χ4v) is 3.52. The summed E-state index contributed by atoms with van der Waals surface area (Å²) in [4.78, 5) is 16.9. The number of nitrogens with zero attached hydrogens (tertiary/aromatic N) is 1. The van der Waals surface area contributed by atoms with Crippen molar-refractivity contribution in [2.45, 2.75) is 4.90 Å². The molecule has 134 valence electrons. The summed E-state index contributed by atoms with van der Waals surface area (Å²) in [6.45, 7) is 0. The average Bonchev–Trinajstić information content (AvgIpc) is 2.94. The largest absolute Gasteiger partial charge is 0.497 e. The summed E-state index contributed by atoms with van der Waals surface area (Å²) in [5.41, 5.74) is 1.37. The highest BCUT2D eigenvalue weighted by Gasteiger charge is 2.23. The zero-order chi connectivity index (χ0) is 18.7. The zero-order valence-corrected chi connectivity index (χ0v) is 15.3. The Hall–Kier alpha value is -2.62. The van der Waals surface area contributed by atoms with Gasteiger partial charge >= 0.3 is 0 Å². The maximum atomic E-state index is 12.1. The highest BCUT2D eigenvalue weighted by Crippen LogP contribution is 2.28. The molecule has 1 aliphatic rings. The number of rotatable bonds is 4. The molecular weight excluding hydrogens is 374 g/mol. The van der Waals surface area contributed by atoms with Crippen LogP contribution in [0.2, 0.25) is 0 Å². The first-order valence-electron chi connectivity index (χ1n) is 7.42. The van der Waals surface area contributed by atoms with Crippen LogP contribution in [-0.2, 0) is 14.8 Å². The van der Waals surface area contributed by atoms with E-state index in [0.29, 0.717) is 15.8 Å². The first kappa shape index (κ1) is 18.2. The van der Waals surface area contributed by atoms with Crippen LogP contribution in [0.15, 0.2) is 63.3 Å². The maximum absolute atomic E-state index is 12.1. The molecule has 0 atom stereocenters. The molecule has 26 heavy (non-hydrogen) atoms. The van der Waals surface area contributed by atoms with Crippen LogP contribution in [-0.4, -0.2) is 26.6 Å². The van der Waals surface area contributed by atoms with Gasteiger partial charge in [-0.25, -0.2) is 18.5 Å². The van der Waals surface area contributed by atoms with Crippen LogP contribution in [0.3, 0.4) is 0 Å². The Labute approximate surface area is 155 Å². The lowest BCUT2D eigenvalue weighted by Gasteiger charge is -2.00. The van der Waals surface area contributed by atoms with Gasteiger partial charge in [-0.2, -0.15) is 0 Å². The summed E-state index contributed by atoms with van der Waals surface area (Å²) >= 11 is 1.20. The number of nitrogens with one attached hydrogen (secondary N) is 1. The van der Waals surface area contributed by atoms with Crippen molar-refractivity contribution in [2.24, 2.45) is 10.1 Å². The first-order valence-corrected chi connectivity index (χ1v) is 9.78. The number of aliphatic imine (C=N–C) groups is 1.